The van der Waals surface area contributed by atoms with Crippen molar-refractivity contribution in [3.05, 3.63) is 29.3 Å². The minimum absolute atomic E-state index is 0.137. The van der Waals surface area contributed by atoms with Gasteiger partial charge >= 0.3 is 0 Å². The molecule has 1 aliphatic carbocycles. The Balaban J connectivity index is 1.89. The number of rotatable bonds is 2. The predicted molar refractivity (Wildman–Crippen MR) is 69.0 cm³/mol. The van der Waals surface area contributed by atoms with E-state index in [0.29, 0.717) is 17.4 Å². The first kappa shape index (κ1) is 12.2. The Morgan fingerprint density at radius 1 is 1.11 bits per heavy atom. The molecule has 98 valence electrons. The highest BCUT2D eigenvalue weighted by Gasteiger charge is 2.37. The molecule has 2 aliphatic rings. The lowest BCUT2D eigenvalue weighted by atomic mass is 10.0. The van der Waals surface area contributed by atoms with Gasteiger partial charge in [0.15, 0.2) is 0 Å². The van der Waals surface area contributed by atoms with Crippen LogP contribution in [0, 0.1) is 23.5 Å². The number of halogens is 3. The lowest BCUT2D eigenvalue weighted by molar-refractivity contribution is 0.494. The van der Waals surface area contributed by atoms with Gasteiger partial charge in [-0.25, -0.2) is 8.78 Å². The Labute approximate surface area is 111 Å². The number of hydrogen-bond donors (Lipinski definition) is 0. The van der Waals surface area contributed by atoms with Crippen molar-refractivity contribution >= 4 is 17.3 Å². The molecule has 4 heteroatoms. The van der Waals surface area contributed by atoms with Crippen molar-refractivity contribution in [2.24, 2.45) is 11.8 Å². The highest BCUT2D eigenvalue weighted by atomic mass is 35.5. The summed E-state index contributed by atoms with van der Waals surface area (Å²) in [7, 11) is 0. The summed E-state index contributed by atoms with van der Waals surface area (Å²) in [6.07, 6.45) is 3.66. The van der Waals surface area contributed by atoms with Crippen LogP contribution in [0.2, 0.25) is 0 Å². The van der Waals surface area contributed by atoms with Crippen molar-refractivity contribution in [3.63, 3.8) is 0 Å². The quantitative estimate of drug-likeness (QED) is 0.737. The van der Waals surface area contributed by atoms with E-state index in [1.807, 2.05) is 4.90 Å². The molecule has 1 saturated heterocycles. The van der Waals surface area contributed by atoms with Crippen molar-refractivity contribution in [1.29, 1.82) is 0 Å². The molecule has 0 amide bonds. The molecule has 0 bridgehead atoms. The average molecular weight is 272 g/mol. The monoisotopic (exact) mass is 271 g/mol. The Morgan fingerprint density at radius 2 is 1.67 bits per heavy atom. The van der Waals surface area contributed by atoms with Gasteiger partial charge in [-0.15, -0.1) is 11.6 Å². The summed E-state index contributed by atoms with van der Waals surface area (Å²) in [5.74, 6) is 0.420. The van der Waals surface area contributed by atoms with Crippen LogP contribution in [0.15, 0.2) is 12.1 Å². The number of alkyl halides is 1. The normalized spacial score (nSPS) is 26.7. The molecule has 1 nitrogen and oxygen atoms in total. The van der Waals surface area contributed by atoms with Crippen LogP contribution in [-0.2, 0) is 5.88 Å². The smallest absolute Gasteiger partial charge is 0.149 e. The number of benzene rings is 1. The molecule has 1 aromatic rings. The first-order valence-corrected chi connectivity index (χ1v) is 7.01. The van der Waals surface area contributed by atoms with E-state index >= 15 is 0 Å². The zero-order valence-corrected chi connectivity index (χ0v) is 10.9. The van der Waals surface area contributed by atoms with Crippen LogP contribution in [0.4, 0.5) is 14.5 Å². The third-order valence-corrected chi connectivity index (χ3v) is 4.58. The third kappa shape index (κ3) is 1.99. The van der Waals surface area contributed by atoms with E-state index < -0.39 is 11.6 Å². The molecule has 1 saturated carbocycles. The predicted octanol–water partition coefficient (Wildman–Crippen LogP) is 3.94. The largest absolute Gasteiger partial charge is 0.366 e. The van der Waals surface area contributed by atoms with Gasteiger partial charge in [-0.2, -0.15) is 0 Å². The maximum absolute atomic E-state index is 14.0. The highest BCUT2D eigenvalue weighted by molar-refractivity contribution is 6.17. The zero-order valence-electron chi connectivity index (χ0n) is 10.1. The lowest BCUT2D eigenvalue weighted by Crippen LogP contribution is -2.23. The third-order valence-electron chi connectivity index (χ3n) is 4.27. The summed E-state index contributed by atoms with van der Waals surface area (Å²) >= 11 is 5.61. The van der Waals surface area contributed by atoms with Crippen LogP contribution >= 0.6 is 11.6 Å². The van der Waals surface area contributed by atoms with E-state index in [2.05, 4.69) is 0 Å². The van der Waals surface area contributed by atoms with Gasteiger partial charge in [0, 0.05) is 19.0 Å². The Hall–Kier alpha value is -0.830. The van der Waals surface area contributed by atoms with Crippen molar-refractivity contribution in [1.82, 2.24) is 0 Å². The average Bonchev–Trinajstić information content (AvgIpc) is 2.88. The van der Waals surface area contributed by atoms with E-state index in [1.54, 1.807) is 0 Å². The number of anilines is 1. The molecule has 0 radical (unpaired) electrons. The number of nitrogens with zero attached hydrogens (tertiary/aromatic N) is 1. The molecule has 18 heavy (non-hydrogen) atoms. The molecule has 2 atom stereocenters. The maximum atomic E-state index is 14.0. The fourth-order valence-electron chi connectivity index (χ4n) is 3.41. The molecule has 1 aliphatic heterocycles. The van der Waals surface area contributed by atoms with Gasteiger partial charge < -0.3 is 4.90 Å². The Bertz CT molecular complexity index is 428. The van der Waals surface area contributed by atoms with Crippen LogP contribution in [0.3, 0.4) is 0 Å². The Kier molecular flexibility index (Phi) is 3.18. The molecule has 3 rings (SSSR count). The molecule has 2 fully saturated rings. The summed E-state index contributed by atoms with van der Waals surface area (Å²) in [5, 5.41) is 0. The standard InChI is InChI=1S/C14H16ClF2N/c15-6-9-4-12(16)14(13(17)5-9)18-7-10-2-1-3-11(10)8-18/h4-5,10-11H,1-3,6-8H2. The van der Waals surface area contributed by atoms with Crippen LogP contribution in [0.1, 0.15) is 24.8 Å². The fraction of sp³-hybridized carbons (Fsp3) is 0.571. The molecule has 0 spiro atoms. The molecule has 1 heterocycles. The van der Waals surface area contributed by atoms with Crippen molar-refractivity contribution in [2.75, 3.05) is 18.0 Å². The number of fused-ring (bicyclic) bond motifs is 1. The van der Waals surface area contributed by atoms with E-state index in [1.165, 1.54) is 31.4 Å². The highest BCUT2D eigenvalue weighted by Crippen LogP contribution is 2.41. The van der Waals surface area contributed by atoms with Gasteiger partial charge in [0.25, 0.3) is 0 Å². The SMILES string of the molecule is Fc1cc(CCl)cc(F)c1N1CC2CCCC2C1. The van der Waals surface area contributed by atoms with Crippen LogP contribution in [0.5, 0.6) is 0 Å². The summed E-state index contributed by atoms with van der Waals surface area (Å²) < 4.78 is 28.0. The summed E-state index contributed by atoms with van der Waals surface area (Å²) in [5.41, 5.74) is 0.632. The number of hydrogen-bond acceptors (Lipinski definition) is 1. The summed E-state index contributed by atoms with van der Waals surface area (Å²) in [4.78, 5) is 1.87. The maximum Gasteiger partial charge on any atom is 0.149 e. The van der Waals surface area contributed by atoms with Crippen LogP contribution in [-0.4, -0.2) is 13.1 Å². The molecule has 0 N–H and O–H groups in total. The summed E-state index contributed by atoms with van der Waals surface area (Å²) in [6.45, 7) is 1.58. The molecular weight excluding hydrogens is 256 g/mol. The topological polar surface area (TPSA) is 3.24 Å². The van der Waals surface area contributed by atoms with Gasteiger partial charge in [-0.05, 0) is 42.4 Å². The van der Waals surface area contributed by atoms with Crippen molar-refractivity contribution in [2.45, 2.75) is 25.1 Å². The van der Waals surface area contributed by atoms with Gasteiger partial charge in [0.05, 0.1) is 0 Å². The Morgan fingerprint density at radius 3 is 2.17 bits per heavy atom. The molecular formula is C14H16ClF2N. The van der Waals surface area contributed by atoms with Gasteiger partial charge in [-0.1, -0.05) is 6.42 Å². The fourth-order valence-corrected chi connectivity index (χ4v) is 3.57. The first-order chi connectivity index (χ1) is 8.69. The van der Waals surface area contributed by atoms with Gasteiger partial charge in [0.2, 0.25) is 0 Å². The van der Waals surface area contributed by atoms with E-state index in [9.17, 15) is 8.78 Å². The second kappa shape index (κ2) is 4.69. The van der Waals surface area contributed by atoms with Crippen LogP contribution in [0.25, 0.3) is 0 Å². The molecule has 2 unspecified atom stereocenters. The molecule has 0 aromatic heterocycles. The minimum atomic E-state index is -0.481. The minimum Gasteiger partial charge on any atom is -0.366 e. The molecule has 1 aromatic carbocycles. The second-order valence-corrected chi connectivity index (χ2v) is 5.67. The first-order valence-electron chi connectivity index (χ1n) is 6.48. The van der Waals surface area contributed by atoms with E-state index in [-0.39, 0.29) is 11.6 Å². The van der Waals surface area contributed by atoms with Crippen LogP contribution < -0.4 is 4.90 Å². The van der Waals surface area contributed by atoms with Crippen molar-refractivity contribution < 1.29 is 8.78 Å². The van der Waals surface area contributed by atoms with E-state index in [4.69, 9.17) is 11.6 Å². The van der Waals surface area contributed by atoms with E-state index in [0.717, 1.165) is 13.1 Å². The lowest BCUT2D eigenvalue weighted by Gasteiger charge is -2.21. The zero-order chi connectivity index (χ0) is 12.7. The van der Waals surface area contributed by atoms with Crippen molar-refractivity contribution in [3.8, 4) is 0 Å². The van der Waals surface area contributed by atoms with Gasteiger partial charge in [0.1, 0.15) is 17.3 Å². The summed E-state index contributed by atoms with van der Waals surface area (Å²) in [6, 6.07) is 2.69. The second-order valence-electron chi connectivity index (χ2n) is 5.40. The van der Waals surface area contributed by atoms with Gasteiger partial charge in [-0.3, -0.25) is 0 Å².